The molecule has 3 rings (SSSR count). The summed E-state index contributed by atoms with van der Waals surface area (Å²) in [5, 5.41) is 4.74. The second-order valence-corrected chi connectivity index (χ2v) is 6.08. The van der Waals surface area contributed by atoms with Crippen LogP contribution in [-0.4, -0.2) is 24.6 Å². The minimum atomic E-state index is -0.350. The number of ether oxygens (including phenoxy) is 1. The van der Waals surface area contributed by atoms with E-state index >= 15 is 0 Å². The number of hydrogen-bond acceptors (Lipinski definition) is 5. The Bertz CT molecular complexity index is 823. The van der Waals surface area contributed by atoms with E-state index in [0.717, 1.165) is 11.4 Å². The highest BCUT2D eigenvalue weighted by Crippen LogP contribution is 2.27. The SMILES string of the molecule is CCOC(=O)c1nc(CN(C)c2cccc3ccccc23)cs1. The summed E-state index contributed by atoms with van der Waals surface area (Å²) in [7, 11) is 2.03. The number of thiazole rings is 1. The maximum Gasteiger partial charge on any atom is 0.367 e. The van der Waals surface area contributed by atoms with Crippen LogP contribution < -0.4 is 4.90 Å². The summed E-state index contributed by atoms with van der Waals surface area (Å²) < 4.78 is 4.98. The van der Waals surface area contributed by atoms with Crippen molar-refractivity contribution in [1.82, 2.24) is 4.98 Å². The van der Waals surface area contributed by atoms with Crippen molar-refractivity contribution in [3.8, 4) is 0 Å². The molecule has 1 heterocycles. The summed E-state index contributed by atoms with van der Waals surface area (Å²) >= 11 is 1.33. The van der Waals surface area contributed by atoms with Gasteiger partial charge >= 0.3 is 5.97 Å². The van der Waals surface area contributed by atoms with Crippen molar-refractivity contribution in [2.75, 3.05) is 18.6 Å². The second-order valence-electron chi connectivity index (χ2n) is 5.22. The Morgan fingerprint density at radius 2 is 2.00 bits per heavy atom. The third-order valence-corrected chi connectivity index (χ3v) is 4.45. The number of rotatable bonds is 5. The average molecular weight is 326 g/mol. The van der Waals surface area contributed by atoms with Gasteiger partial charge in [0, 0.05) is 23.5 Å². The molecule has 3 aromatic rings. The maximum atomic E-state index is 11.7. The molecule has 0 fully saturated rings. The molecule has 0 bridgehead atoms. The van der Waals surface area contributed by atoms with Gasteiger partial charge in [0.25, 0.3) is 0 Å². The fraction of sp³-hybridized carbons (Fsp3) is 0.222. The summed E-state index contributed by atoms with van der Waals surface area (Å²) in [6.07, 6.45) is 0. The van der Waals surface area contributed by atoms with E-state index in [9.17, 15) is 4.79 Å². The van der Waals surface area contributed by atoms with Crippen LogP contribution in [0.15, 0.2) is 47.8 Å². The number of carbonyl (C=O) groups excluding carboxylic acids is 1. The largest absolute Gasteiger partial charge is 0.461 e. The van der Waals surface area contributed by atoms with Crippen LogP contribution in [0, 0.1) is 0 Å². The van der Waals surface area contributed by atoms with E-state index in [1.165, 1.54) is 22.1 Å². The minimum absolute atomic E-state index is 0.350. The number of esters is 1. The number of anilines is 1. The Morgan fingerprint density at radius 3 is 2.83 bits per heavy atom. The van der Waals surface area contributed by atoms with Crippen LogP contribution >= 0.6 is 11.3 Å². The Hall–Kier alpha value is -2.40. The molecule has 4 nitrogen and oxygen atoms in total. The van der Waals surface area contributed by atoms with Crippen LogP contribution in [0.5, 0.6) is 0 Å². The highest BCUT2D eigenvalue weighted by Gasteiger charge is 2.14. The number of hydrogen-bond donors (Lipinski definition) is 0. The quantitative estimate of drug-likeness (QED) is 0.662. The zero-order chi connectivity index (χ0) is 16.2. The first-order valence-electron chi connectivity index (χ1n) is 7.49. The van der Waals surface area contributed by atoms with Crippen LogP contribution in [-0.2, 0) is 11.3 Å². The smallest absolute Gasteiger partial charge is 0.367 e. The first kappa shape index (κ1) is 15.5. The van der Waals surface area contributed by atoms with Gasteiger partial charge in [-0.2, -0.15) is 0 Å². The molecule has 0 aliphatic carbocycles. The van der Waals surface area contributed by atoms with Crippen LogP contribution in [0.25, 0.3) is 10.8 Å². The van der Waals surface area contributed by atoms with E-state index in [2.05, 4.69) is 40.2 Å². The van der Waals surface area contributed by atoms with Crippen molar-refractivity contribution in [2.24, 2.45) is 0 Å². The molecule has 0 aliphatic heterocycles. The molecule has 0 radical (unpaired) electrons. The van der Waals surface area contributed by atoms with Crippen molar-refractivity contribution >= 4 is 33.8 Å². The Morgan fingerprint density at radius 1 is 1.22 bits per heavy atom. The molecule has 0 atom stereocenters. The van der Waals surface area contributed by atoms with Crippen molar-refractivity contribution in [2.45, 2.75) is 13.5 Å². The second kappa shape index (κ2) is 6.79. The number of benzene rings is 2. The van der Waals surface area contributed by atoms with Crippen LogP contribution in [0.4, 0.5) is 5.69 Å². The Kier molecular flexibility index (Phi) is 4.57. The highest BCUT2D eigenvalue weighted by molar-refractivity contribution is 7.11. The van der Waals surface area contributed by atoms with E-state index in [-0.39, 0.29) is 5.97 Å². The molecule has 23 heavy (non-hydrogen) atoms. The van der Waals surface area contributed by atoms with Gasteiger partial charge in [-0.15, -0.1) is 11.3 Å². The number of carbonyl (C=O) groups is 1. The van der Waals surface area contributed by atoms with Gasteiger partial charge < -0.3 is 9.64 Å². The fourth-order valence-electron chi connectivity index (χ4n) is 2.54. The summed E-state index contributed by atoms with van der Waals surface area (Å²) in [5.41, 5.74) is 2.02. The van der Waals surface area contributed by atoms with E-state index in [1.807, 2.05) is 24.6 Å². The van der Waals surface area contributed by atoms with Crippen LogP contribution in [0.1, 0.15) is 22.4 Å². The molecular formula is C18H18N2O2S. The van der Waals surface area contributed by atoms with Crippen molar-refractivity contribution < 1.29 is 9.53 Å². The number of aromatic nitrogens is 1. The van der Waals surface area contributed by atoms with Crippen molar-refractivity contribution in [3.63, 3.8) is 0 Å². The third kappa shape index (κ3) is 3.35. The molecule has 0 saturated heterocycles. The normalized spacial score (nSPS) is 10.7. The summed E-state index contributed by atoms with van der Waals surface area (Å²) in [5.74, 6) is -0.350. The van der Waals surface area contributed by atoms with Gasteiger partial charge in [-0.3, -0.25) is 0 Å². The maximum absolute atomic E-state index is 11.7. The van der Waals surface area contributed by atoms with Crippen molar-refractivity contribution in [1.29, 1.82) is 0 Å². The predicted octanol–water partition coefficient (Wildman–Crippen LogP) is 4.11. The van der Waals surface area contributed by atoms with Gasteiger partial charge in [-0.25, -0.2) is 9.78 Å². The lowest BCUT2D eigenvalue weighted by Crippen LogP contribution is -2.17. The number of fused-ring (bicyclic) bond motifs is 1. The lowest BCUT2D eigenvalue weighted by molar-refractivity contribution is 0.0525. The van der Waals surface area contributed by atoms with Crippen LogP contribution in [0.3, 0.4) is 0 Å². The van der Waals surface area contributed by atoms with Gasteiger partial charge in [0.15, 0.2) is 0 Å². The lowest BCUT2D eigenvalue weighted by atomic mass is 10.1. The van der Waals surface area contributed by atoms with Gasteiger partial charge in [0.2, 0.25) is 5.01 Å². The molecule has 1 aromatic heterocycles. The van der Waals surface area contributed by atoms with Crippen molar-refractivity contribution in [3.05, 3.63) is 58.5 Å². The van der Waals surface area contributed by atoms with Crippen LogP contribution in [0.2, 0.25) is 0 Å². The first-order valence-corrected chi connectivity index (χ1v) is 8.37. The zero-order valence-corrected chi connectivity index (χ0v) is 14.0. The summed E-state index contributed by atoms with van der Waals surface area (Å²) in [6, 6.07) is 14.6. The van der Waals surface area contributed by atoms with E-state index < -0.39 is 0 Å². The molecule has 0 saturated carbocycles. The molecule has 0 N–H and O–H groups in total. The molecule has 0 spiro atoms. The Labute approximate surface area is 139 Å². The third-order valence-electron chi connectivity index (χ3n) is 3.58. The van der Waals surface area contributed by atoms with Gasteiger partial charge in [-0.05, 0) is 18.4 Å². The molecule has 5 heteroatoms. The summed E-state index contributed by atoms with van der Waals surface area (Å²) in [6.45, 7) is 2.80. The fourth-order valence-corrected chi connectivity index (χ4v) is 3.24. The van der Waals surface area contributed by atoms with Gasteiger partial charge in [0.1, 0.15) is 0 Å². The lowest BCUT2D eigenvalue weighted by Gasteiger charge is -2.20. The van der Waals surface area contributed by atoms with Gasteiger partial charge in [0.05, 0.1) is 18.8 Å². The highest BCUT2D eigenvalue weighted by atomic mass is 32.1. The van der Waals surface area contributed by atoms with E-state index in [1.54, 1.807) is 6.92 Å². The molecule has 0 amide bonds. The topological polar surface area (TPSA) is 42.4 Å². The monoisotopic (exact) mass is 326 g/mol. The number of nitrogens with zero attached hydrogens (tertiary/aromatic N) is 2. The minimum Gasteiger partial charge on any atom is -0.461 e. The predicted molar refractivity (Wildman–Crippen MR) is 94.1 cm³/mol. The average Bonchev–Trinajstić information content (AvgIpc) is 3.03. The van der Waals surface area contributed by atoms with E-state index in [0.29, 0.717) is 18.2 Å². The summed E-state index contributed by atoms with van der Waals surface area (Å²) in [4.78, 5) is 18.2. The van der Waals surface area contributed by atoms with Gasteiger partial charge in [-0.1, -0.05) is 36.4 Å². The zero-order valence-electron chi connectivity index (χ0n) is 13.2. The molecule has 2 aromatic carbocycles. The standard InChI is InChI=1S/C18H18N2O2S/c1-3-22-18(21)17-19-14(12-23-17)11-20(2)16-10-6-8-13-7-4-5-9-15(13)16/h4-10,12H,3,11H2,1-2H3. The molecular weight excluding hydrogens is 308 g/mol. The molecule has 118 valence electrons. The first-order chi connectivity index (χ1) is 11.2. The van der Waals surface area contributed by atoms with E-state index in [4.69, 9.17) is 4.74 Å². The molecule has 0 unspecified atom stereocenters. The molecule has 0 aliphatic rings. The Balaban J connectivity index is 1.81.